The monoisotopic (exact) mass is 470 g/mol. The van der Waals surface area contributed by atoms with E-state index in [1.54, 1.807) is 19.2 Å². The quantitative estimate of drug-likeness (QED) is 0.213. The van der Waals surface area contributed by atoms with Crippen LogP contribution in [-0.4, -0.2) is 35.0 Å². The van der Waals surface area contributed by atoms with Crippen molar-refractivity contribution in [3.8, 4) is 11.5 Å². The molecule has 0 radical (unpaired) electrons. The van der Waals surface area contributed by atoms with Crippen LogP contribution >= 0.6 is 23.4 Å². The molecule has 0 aliphatic heterocycles. The Morgan fingerprint density at radius 3 is 2.59 bits per heavy atom. The zero-order chi connectivity index (χ0) is 22.9. The normalized spacial score (nSPS) is 10.9. The minimum absolute atomic E-state index is 0.165. The summed E-state index contributed by atoms with van der Waals surface area (Å²) >= 11 is 7.43. The van der Waals surface area contributed by atoms with Gasteiger partial charge in [0.2, 0.25) is 0 Å². The summed E-state index contributed by atoms with van der Waals surface area (Å²) in [6, 6.07) is 14.8. The molecule has 7 nitrogen and oxygen atoms in total. The number of hydrogen-bond donors (Lipinski definition) is 1. The lowest BCUT2D eigenvalue weighted by Crippen LogP contribution is -2.19. The Kier molecular flexibility index (Phi) is 8.47. The molecule has 3 rings (SSSR count). The molecule has 1 N–H and O–H groups in total. The number of ether oxygens (including phenoxy) is 2. The van der Waals surface area contributed by atoms with Crippen LogP contribution in [0.3, 0.4) is 0 Å². The molecule has 166 valence electrons. The molecule has 9 heteroatoms. The second-order valence-corrected chi connectivity index (χ2v) is 8.16. The van der Waals surface area contributed by atoms with E-state index < -0.39 is 0 Å². The predicted molar refractivity (Wildman–Crippen MR) is 127 cm³/mol. The third-order valence-corrected chi connectivity index (χ3v) is 5.44. The maximum atomic E-state index is 12.0. The molecule has 0 fully saturated rings. The van der Waals surface area contributed by atoms with Gasteiger partial charge in [-0.15, -0.1) is 0 Å². The van der Waals surface area contributed by atoms with Crippen molar-refractivity contribution in [1.29, 1.82) is 0 Å². The van der Waals surface area contributed by atoms with Crippen LogP contribution in [0, 0.1) is 13.8 Å². The molecule has 32 heavy (non-hydrogen) atoms. The largest absolute Gasteiger partial charge is 0.493 e. The molecule has 0 bridgehead atoms. The van der Waals surface area contributed by atoms with E-state index in [1.165, 1.54) is 18.0 Å². The fourth-order valence-corrected chi connectivity index (χ4v) is 3.69. The van der Waals surface area contributed by atoms with Crippen molar-refractivity contribution < 1.29 is 14.3 Å². The summed E-state index contributed by atoms with van der Waals surface area (Å²) in [5.74, 6) is 1.05. The fourth-order valence-electron chi connectivity index (χ4n) is 2.75. The van der Waals surface area contributed by atoms with E-state index >= 15 is 0 Å². The highest BCUT2D eigenvalue weighted by molar-refractivity contribution is 7.99. The molecule has 0 aliphatic rings. The van der Waals surface area contributed by atoms with Gasteiger partial charge in [0.1, 0.15) is 6.61 Å². The van der Waals surface area contributed by atoms with Crippen LogP contribution in [0.4, 0.5) is 0 Å². The molecule has 0 atom stereocenters. The molecule has 1 amide bonds. The smallest absolute Gasteiger partial charge is 0.250 e. The van der Waals surface area contributed by atoms with Crippen LogP contribution in [0.2, 0.25) is 5.02 Å². The average molecular weight is 471 g/mol. The molecule has 2 aromatic carbocycles. The number of thioether (sulfide) groups is 1. The molecule has 0 unspecified atom stereocenters. The van der Waals surface area contributed by atoms with Crippen LogP contribution in [0.5, 0.6) is 11.5 Å². The summed E-state index contributed by atoms with van der Waals surface area (Å²) < 4.78 is 11.3. The van der Waals surface area contributed by atoms with Crippen LogP contribution in [0.25, 0.3) is 0 Å². The second kappa shape index (κ2) is 11.5. The van der Waals surface area contributed by atoms with Crippen molar-refractivity contribution in [3.05, 3.63) is 76.1 Å². The number of carbonyl (C=O) groups is 1. The number of carbonyl (C=O) groups excluding carboxylic acids is 1. The Hall–Kier alpha value is -3.10. The Bertz CT molecular complexity index is 1100. The fraction of sp³-hybridized carbons (Fsp3) is 0.217. The highest BCUT2D eigenvalue weighted by Crippen LogP contribution is 2.29. The maximum absolute atomic E-state index is 12.0. The van der Waals surface area contributed by atoms with Crippen molar-refractivity contribution >= 4 is 35.5 Å². The SMILES string of the molecule is COc1cc(/C=N/NC(=O)CSc2nc(C)cc(C)n2)ccc1OCc1ccccc1Cl. The van der Waals surface area contributed by atoms with Crippen molar-refractivity contribution in [1.82, 2.24) is 15.4 Å². The van der Waals surface area contributed by atoms with Gasteiger partial charge in [-0.25, -0.2) is 15.4 Å². The zero-order valence-corrected chi connectivity index (χ0v) is 19.5. The van der Waals surface area contributed by atoms with Crippen molar-refractivity contribution in [2.75, 3.05) is 12.9 Å². The molecule has 1 heterocycles. The van der Waals surface area contributed by atoms with E-state index in [0.717, 1.165) is 22.5 Å². The topological polar surface area (TPSA) is 85.7 Å². The van der Waals surface area contributed by atoms with E-state index in [1.807, 2.05) is 50.2 Å². The Morgan fingerprint density at radius 2 is 1.88 bits per heavy atom. The Morgan fingerprint density at radius 1 is 1.12 bits per heavy atom. The van der Waals surface area contributed by atoms with Gasteiger partial charge in [-0.3, -0.25) is 4.79 Å². The van der Waals surface area contributed by atoms with E-state index in [0.29, 0.717) is 28.3 Å². The van der Waals surface area contributed by atoms with Gasteiger partial charge in [0.25, 0.3) is 5.91 Å². The first kappa shape index (κ1) is 23.6. The van der Waals surface area contributed by atoms with Gasteiger partial charge in [0, 0.05) is 22.0 Å². The third kappa shape index (κ3) is 6.96. The Labute approximate surface area is 196 Å². The minimum Gasteiger partial charge on any atom is -0.493 e. The van der Waals surface area contributed by atoms with Crippen LogP contribution in [-0.2, 0) is 11.4 Å². The van der Waals surface area contributed by atoms with Crippen LogP contribution < -0.4 is 14.9 Å². The molecule has 0 saturated heterocycles. The molecule has 1 aromatic heterocycles. The van der Waals surface area contributed by atoms with E-state index in [9.17, 15) is 4.79 Å². The van der Waals surface area contributed by atoms with Gasteiger partial charge in [0.15, 0.2) is 16.7 Å². The lowest BCUT2D eigenvalue weighted by Gasteiger charge is -2.12. The molecular formula is C23H23ClN4O3S. The first-order valence-electron chi connectivity index (χ1n) is 9.76. The number of amides is 1. The van der Waals surface area contributed by atoms with Crippen LogP contribution in [0.1, 0.15) is 22.5 Å². The van der Waals surface area contributed by atoms with Gasteiger partial charge in [-0.05, 0) is 49.7 Å². The summed E-state index contributed by atoms with van der Waals surface area (Å²) in [5, 5.41) is 5.22. The standard InChI is InChI=1S/C23H23ClN4O3S/c1-15-10-16(2)27-23(26-15)32-14-22(29)28-25-12-17-8-9-20(21(11-17)30-3)31-13-18-6-4-5-7-19(18)24/h4-12H,13-14H2,1-3H3,(H,28,29)/b25-12+. The second-order valence-electron chi connectivity index (χ2n) is 6.81. The highest BCUT2D eigenvalue weighted by atomic mass is 35.5. The lowest BCUT2D eigenvalue weighted by molar-refractivity contribution is -0.118. The number of hydrazone groups is 1. The summed E-state index contributed by atoms with van der Waals surface area (Å²) in [5.41, 5.74) is 5.87. The maximum Gasteiger partial charge on any atom is 0.250 e. The van der Waals surface area contributed by atoms with Gasteiger partial charge < -0.3 is 9.47 Å². The number of methoxy groups -OCH3 is 1. The first-order chi connectivity index (χ1) is 15.4. The van der Waals surface area contributed by atoms with E-state index in [4.69, 9.17) is 21.1 Å². The summed E-state index contributed by atoms with van der Waals surface area (Å²) in [4.78, 5) is 20.6. The van der Waals surface area contributed by atoms with Gasteiger partial charge in [0.05, 0.1) is 19.1 Å². The summed E-state index contributed by atoms with van der Waals surface area (Å²) in [7, 11) is 1.56. The zero-order valence-electron chi connectivity index (χ0n) is 18.0. The molecule has 0 aliphatic carbocycles. The average Bonchev–Trinajstić information content (AvgIpc) is 2.77. The number of halogens is 1. The number of nitrogens with zero attached hydrogens (tertiary/aromatic N) is 3. The lowest BCUT2D eigenvalue weighted by atomic mass is 10.2. The predicted octanol–water partition coefficient (Wildman–Crippen LogP) is 4.58. The molecule has 0 saturated carbocycles. The molecular weight excluding hydrogens is 448 g/mol. The van der Waals surface area contributed by atoms with E-state index in [2.05, 4.69) is 20.5 Å². The van der Waals surface area contributed by atoms with Crippen molar-refractivity contribution in [2.24, 2.45) is 5.10 Å². The number of nitrogens with one attached hydrogen (secondary N) is 1. The van der Waals surface area contributed by atoms with Gasteiger partial charge in [-0.1, -0.05) is 41.6 Å². The Balaban J connectivity index is 1.53. The number of aromatic nitrogens is 2. The third-order valence-electron chi connectivity index (χ3n) is 4.23. The van der Waals surface area contributed by atoms with Gasteiger partial charge in [-0.2, -0.15) is 5.10 Å². The van der Waals surface area contributed by atoms with Crippen LogP contribution in [0.15, 0.2) is 58.8 Å². The van der Waals surface area contributed by atoms with Gasteiger partial charge >= 0.3 is 0 Å². The van der Waals surface area contributed by atoms with E-state index in [-0.39, 0.29) is 11.7 Å². The number of hydrogen-bond acceptors (Lipinski definition) is 7. The van der Waals surface area contributed by atoms with Crippen molar-refractivity contribution in [3.63, 3.8) is 0 Å². The number of benzene rings is 2. The summed E-state index contributed by atoms with van der Waals surface area (Å²) in [6.45, 7) is 4.11. The molecule has 3 aromatic rings. The number of rotatable bonds is 9. The highest BCUT2D eigenvalue weighted by Gasteiger charge is 2.08. The number of aryl methyl sites for hydroxylation is 2. The summed E-state index contributed by atoms with van der Waals surface area (Å²) in [6.07, 6.45) is 1.54. The first-order valence-corrected chi connectivity index (χ1v) is 11.1. The molecule has 0 spiro atoms. The minimum atomic E-state index is -0.249. The van der Waals surface area contributed by atoms with Crippen molar-refractivity contribution in [2.45, 2.75) is 25.6 Å².